The molecule has 1 heterocycles. The fourth-order valence-corrected chi connectivity index (χ4v) is 5.04. The van der Waals surface area contributed by atoms with E-state index in [-0.39, 0.29) is 43.5 Å². The van der Waals surface area contributed by atoms with Crippen molar-refractivity contribution in [2.24, 2.45) is 11.8 Å². The number of aliphatic hydroxyl groups excluding tert-OH is 1. The minimum absolute atomic E-state index is 0. The molecule has 0 aliphatic rings. The van der Waals surface area contributed by atoms with Crippen molar-refractivity contribution >= 4 is 27.3 Å². The van der Waals surface area contributed by atoms with Gasteiger partial charge in [0, 0.05) is 55.7 Å². The number of carbonyl (C=O) groups is 1. The molecule has 0 amide bonds. The molecule has 0 aliphatic carbocycles. The van der Waals surface area contributed by atoms with Crippen LogP contribution in [0.25, 0.3) is 32.8 Å². The number of nitrogens with zero attached hydrogens (tertiary/aromatic N) is 1. The Kier molecular flexibility index (Phi) is 12.6. The third kappa shape index (κ3) is 7.83. The van der Waals surface area contributed by atoms with E-state index < -0.39 is 11.6 Å². The van der Waals surface area contributed by atoms with Crippen molar-refractivity contribution in [1.29, 1.82) is 0 Å². The Bertz CT molecular complexity index is 1470. The van der Waals surface area contributed by atoms with Crippen molar-refractivity contribution in [1.82, 2.24) is 4.98 Å². The summed E-state index contributed by atoms with van der Waals surface area (Å²) < 4.78 is 27.7. The van der Waals surface area contributed by atoms with Crippen molar-refractivity contribution in [2.45, 2.75) is 67.2 Å². The molecule has 3 nitrogen and oxygen atoms in total. The summed E-state index contributed by atoms with van der Waals surface area (Å²) in [5.74, 6) is -0.585. The molecule has 3 aromatic carbocycles. The second kappa shape index (κ2) is 15.2. The standard InChI is InChI=1S/C21H14F2N.C13H24O2.Ir/c1-12-7-13(2)9-14(8-12)21-18-4-3-17-19(16(18)5-6-24-21)10-15(22)11-20(17)23;1-5-10(6-2)12(14)9-13(15)11(7-3)8-4;/h3-8,10-11H,1-2H3;9-11,14H,5-8H2,1-4H3;/q-1;;/b;12-9-;. The average molecular weight is 723 g/mol. The Balaban J connectivity index is 0.000000307. The first-order chi connectivity index (χ1) is 18.6. The monoisotopic (exact) mass is 723 g/mol. The number of benzene rings is 3. The molecule has 0 unspecified atom stereocenters. The molecule has 0 spiro atoms. The van der Waals surface area contributed by atoms with Gasteiger partial charge in [-0.1, -0.05) is 53.7 Å². The topological polar surface area (TPSA) is 50.2 Å². The SMILES string of the molecule is CCC(CC)C(=O)/C=C(\O)C(CC)CC.Cc1[c-]c(-c2nccc3c2ccc2c(F)cc(F)cc23)cc(C)c1.[Ir]. The zero-order valence-electron chi connectivity index (χ0n) is 24.1. The molecular weight excluding hydrogens is 685 g/mol. The molecule has 0 atom stereocenters. The summed E-state index contributed by atoms with van der Waals surface area (Å²) in [4.78, 5) is 16.2. The summed E-state index contributed by atoms with van der Waals surface area (Å²) in [6, 6.07) is 15.0. The van der Waals surface area contributed by atoms with Crippen molar-refractivity contribution < 1.29 is 38.8 Å². The van der Waals surface area contributed by atoms with Crippen LogP contribution >= 0.6 is 0 Å². The van der Waals surface area contributed by atoms with Gasteiger partial charge in [0.1, 0.15) is 11.6 Å². The fourth-order valence-electron chi connectivity index (χ4n) is 5.04. The van der Waals surface area contributed by atoms with Gasteiger partial charge in [-0.2, -0.15) is 0 Å². The molecule has 4 aromatic rings. The Hall–Kier alpha value is -2.95. The van der Waals surface area contributed by atoms with Gasteiger partial charge in [-0.25, -0.2) is 8.78 Å². The van der Waals surface area contributed by atoms with Crippen LogP contribution in [0.1, 0.15) is 64.5 Å². The number of rotatable bonds is 8. The number of halogens is 2. The number of carbonyl (C=O) groups excluding carboxylic acids is 1. The molecule has 1 radical (unpaired) electrons. The minimum Gasteiger partial charge on any atom is -0.512 e. The van der Waals surface area contributed by atoms with Gasteiger partial charge in [-0.15, -0.1) is 34.9 Å². The van der Waals surface area contributed by atoms with E-state index in [4.69, 9.17) is 0 Å². The Morgan fingerprint density at radius 2 is 1.50 bits per heavy atom. The van der Waals surface area contributed by atoms with Crippen LogP contribution in [0.4, 0.5) is 8.78 Å². The molecule has 0 saturated heterocycles. The van der Waals surface area contributed by atoms with E-state index in [1.54, 1.807) is 18.3 Å². The average Bonchev–Trinajstić information content (AvgIpc) is 2.89. The van der Waals surface area contributed by atoms with Gasteiger partial charge in [0.25, 0.3) is 0 Å². The van der Waals surface area contributed by atoms with E-state index in [2.05, 4.69) is 17.1 Å². The van der Waals surface area contributed by atoms with Crippen molar-refractivity contribution in [2.75, 3.05) is 0 Å². The molecule has 0 saturated carbocycles. The van der Waals surface area contributed by atoms with Gasteiger partial charge in [-0.3, -0.25) is 4.79 Å². The maximum absolute atomic E-state index is 14.0. The number of pyridine rings is 1. The Labute approximate surface area is 250 Å². The van der Waals surface area contributed by atoms with Crippen molar-refractivity contribution in [3.05, 3.63) is 89.3 Å². The molecule has 6 heteroatoms. The first-order valence-corrected chi connectivity index (χ1v) is 13.7. The van der Waals surface area contributed by atoms with Gasteiger partial charge < -0.3 is 10.1 Å². The maximum Gasteiger partial charge on any atom is 0.162 e. The number of ketones is 1. The number of hydrogen-bond donors (Lipinski definition) is 1. The molecule has 0 fully saturated rings. The summed E-state index contributed by atoms with van der Waals surface area (Å²) in [6.45, 7) is 12.1. The van der Waals surface area contributed by atoms with Gasteiger partial charge in [0.15, 0.2) is 5.78 Å². The fraction of sp³-hybridized carbons (Fsp3) is 0.353. The maximum atomic E-state index is 14.0. The molecule has 40 heavy (non-hydrogen) atoms. The van der Waals surface area contributed by atoms with Gasteiger partial charge in [0.2, 0.25) is 0 Å². The van der Waals surface area contributed by atoms with Crippen LogP contribution in [0.3, 0.4) is 0 Å². The zero-order valence-corrected chi connectivity index (χ0v) is 26.5. The predicted molar refractivity (Wildman–Crippen MR) is 157 cm³/mol. The minimum atomic E-state index is -0.580. The molecule has 0 bridgehead atoms. The number of hydrogen-bond acceptors (Lipinski definition) is 3. The Morgan fingerprint density at radius 3 is 2.10 bits per heavy atom. The van der Waals surface area contributed by atoms with E-state index in [0.29, 0.717) is 10.8 Å². The van der Waals surface area contributed by atoms with Crippen LogP contribution < -0.4 is 0 Å². The smallest absolute Gasteiger partial charge is 0.162 e. The van der Waals surface area contributed by atoms with Crippen LogP contribution in [0, 0.1) is 43.4 Å². The van der Waals surface area contributed by atoms with Crippen LogP contribution in [0.5, 0.6) is 0 Å². The summed E-state index contributed by atoms with van der Waals surface area (Å²) in [7, 11) is 0. The third-order valence-electron chi connectivity index (χ3n) is 7.28. The van der Waals surface area contributed by atoms with Crippen LogP contribution in [0.15, 0.2) is 60.5 Å². The summed E-state index contributed by atoms with van der Waals surface area (Å²) in [6.07, 6.45) is 6.58. The Morgan fingerprint density at radius 1 is 0.875 bits per heavy atom. The number of aliphatic hydroxyl groups is 1. The number of aromatic nitrogens is 1. The van der Waals surface area contributed by atoms with Gasteiger partial charge >= 0.3 is 0 Å². The van der Waals surface area contributed by atoms with E-state index in [1.807, 2.05) is 53.7 Å². The first-order valence-electron chi connectivity index (χ1n) is 13.7. The molecule has 0 aliphatic heterocycles. The first kappa shape index (κ1) is 33.3. The normalized spacial score (nSPS) is 11.5. The van der Waals surface area contributed by atoms with Crippen LogP contribution in [0.2, 0.25) is 0 Å². The molecule has 1 N–H and O–H groups in total. The molecule has 4 rings (SSSR count). The molecular formula is C34H38F2IrNO2-. The van der Waals surface area contributed by atoms with Gasteiger partial charge in [-0.05, 0) is 59.7 Å². The van der Waals surface area contributed by atoms with E-state index in [1.165, 1.54) is 12.1 Å². The summed E-state index contributed by atoms with van der Waals surface area (Å²) in [5.41, 5.74) is 3.81. The van der Waals surface area contributed by atoms with Crippen LogP contribution in [-0.4, -0.2) is 15.9 Å². The number of aryl methyl sites for hydroxylation is 2. The van der Waals surface area contributed by atoms with Crippen molar-refractivity contribution in [3.63, 3.8) is 0 Å². The van der Waals surface area contributed by atoms with E-state index >= 15 is 0 Å². The quantitative estimate of drug-likeness (QED) is 0.0854. The number of fused-ring (bicyclic) bond motifs is 3. The summed E-state index contributed by atoms with van der Waals surface area (Å²) in [5, 5.41) is 12.4. The molecule has 215 valence electrons. The number of allylic oxidation sites excluding steroid dienone is 2. The van der Waals surface area contributed by atoms with Crippen molar-refractivity contribution in [3.8, 4) is 11.3 Å². The largest absolute Gasteiger partial charge is 0.512 e. The zero-order chi connectivity index (χ0) is 28.7. The van der Waals surface area contributed by atoms with E-state index in [9.17, 15) is 18.7 Å². The second-order valence-electron chi connectivity index (χ2n) is 10.1. The summed E-state index contributed by atoms with van der Waals surface area (Å²) >= 11 is 0. The van der Waals surface area contributed by atoms with E-state index in [0.717, 1.165) is 64.9 Å². The predicted octanol–water partition coefficient (Wildman–Crippen LogP) is 9.62. The molecule has 1 aromatic heterocycles. The van der Waals surface area contributed by atoms with Gasteiger partial charge in [0.05, 0.1) is 5.76 Å². The second-order valence-corrected chi connectivity index (χ2v) is 10.1. The third-order valence-corrected chi connectivity index (χ3v) is 7.28. The van der Waals surface area contributed by atoms with Crippen LogP contribution in [-0.2, 0) is 24.9 Å².